The number of ether oxygens (including phenoxy) is 7. The molecule has 3 heterocycles. The van der Waals surface area contributed by atoms with Crippen molar-refractivity contribution in [1.29, 1.82) is 0 Å². The molecular formula is C26H28O12. The second-order valence-electron chi connectivity index (χ2n) is 9.67. The number of fused-ring (bicyclic) bond motifs is 3. The molecule has 4 N–H and O–H groups in total. The quantitative estimate of drug-likeness (QED) is 0.383. The van der Waals surface area contributed by atoms with Crippen LogP contribution in [0.25, 0.3) is 0 Å². The number of cyclic esters (lactones) is 1. The summed E-state index contributed by atoms with van der Waals surface area (Å²) in [5.41, 5.74) is 1.97. The van der Waals surface area contributed by atoms with Gasteiger partial charge in [0, 0.05) is 11.8 Å². The lowest BCUT2D eigenvalue weighted by Crippen LogP contribution is -2.40. The van der Waals surface area contributed by atoms with Gasteiger partial charge in [-0.1, -0.05) is 0 Å². The zero-order chi connectivity index (χ0) is 26.7. The molecule has 2 aromatic carbocycles. The average Bonchev–Trinajstić information content (AvgIpc) is 3.61. The van der Waals surface area contributed by atoms with Crippen LogP contribution in [0.5, 0.6) is 28.7 Å². The standard InChI is InChI=1S/C26H28O12/c1-32-16-3-10(4-17(33-2)21(16)28)19-11-5-14-15(36-9-35-14)6-12(11)24(13-8-34-25(31)20(13)19)38-26-23(30)22(29)18(7-27)37-26/h3-6,13,18-20,22-24,26-30H,7-9H2,1-2H3/t13-,18+,19+,20-,22+,23+,24+,26-/m0/s1. The summed E-state index contributed by atoms with van der Waals surface area (Å²) in [6.45, 7) is -0.434. The molecular weight excluding hydrogens is 504 g/mol. The molecule has 3 aliphatic heterocycles. The fourth-order valence-electron chi connectivity index (χ4n) is 5.90. The van der Waals surface area contributed by atoms with Gasteiger partial charge in [0.25, 0.3) is 0 Å². The molecule has 0 unspecified atom stereocenters. The molecule has 2 aromatic rings. The molecule has 38 heavy (non-hydrogen) atoms. The van der Waals surface area contributed by atoms with E-state index in [9.17, 15) is 25.2 Å². The summed E-state index contributed by atoms with van der Waals surface area (Å²) in [5, 5.41) is 40.8. The molecule has 2 saturated heterocycles. The molecule has 0 amide bonds. The molecule has 4 aliphatic rings. The third-order valence-electron chi connectivity index (χ3n) is 7.76. The molecule has 6 rings (SSSR count). The minimum atomic E-state index is -1.41. The highest BCUT2D eigenvalue weighted by Gasteiger charge is 2.55. The molecule has 1 aliphatic carbocycles. The van der Waals surface area contributed by atoms with Crippen molar-refractivity contribution in [3.8, 4) is 28.7 Å². The van der Waals surface area contributed by atoms with Crippen LogP contribution in [-0.4, -0.2) is 85.2 Å². The predicted molar refractivity (Wildman–Crippen MR) is 125 cm³/mol. The largest absolute Gasteiger partial charge is 0.502 e. The van der Waals surface area contributed by atoms with Crippen LogP contribution in [0.4, 0.5) is 0 Å². The number of rotatable bonds is 6. The number of aliphatic hydroxyl groups is 3. The minimum Gasteiger partial charge on any atom is -0.502 e. The van der Waals surface area contributed by atoms with E-state index in [-0.39, 0.29) is 30.6 Å². The predicted octanol–water partition coefficient (Wildman–Crippen LogP) is 0.569. The van der Waals surface area contributed by atoms with Crippen molar-refractivity contribution in [2.24, 2.45) is 11.8 Å². The van der Waals surface area contributed by atoms with Crippen LogP contribution in [-0.2, 0) is 19.0 Å². The number of aromatic hydroxyl groups is 1. The third-order valence-corrected chi connectivity index (χ3v) is 7.76. The Morgan fingerprint density at radius 2 is 1.61 bits per heavy atom. The van der Waals surface area contributed by atoms with Crippen molar-refractivity contribution in [2.45, 2.75) is 36.6 Å². The van der Waals surface area contributed by atoms with Crippen molar-refractivity contribution in [1.82, 2.24) is 0 Å². The van der Waals surface area contributed by atoms with Gasteiger partial charge < -0.3 is 53.6 Å². The molecule has 0 spiro atoms. The fourth-order valence-corrected chi connectivity index (χ4v) is 5.90. The van der Waals surface area contributed by atoms with Gasteiger partial charge in [-0.3, -0.25) is 4.79 Å². The number of benzene rings is 2. The van der Waals surface area contributed by atoms with Crippen molar-refractivity contribution < 1.29 is 58.4 Å². The third kappa shape index (κ3) is 3.75. The smallest absolute Gasteiger partial charge is 0.310 e. The van der Waals surface area contributed by atoms with Crippen molar-refractivity contribution >= 4 is 5.97 Å². The summed E-state index contributed by atoms with van der Waals surface area (Å²) in [4.78, 5) is 13.2. The number of carbonyl (C=O) groups is 1. The topological polar surface area (TPSA) is 163 Å². The molecule has 0 saturated carbocycles. The van der Waals surface area contributed by atoms with E-state index in [0.29, 0.717) is 28.2 Å². The van der Waals surface area contributed by atoms with Crippen molar-refractivity contribution in [3.05, 3.63) is 41.0 Å². The highest BCUT2D eigenvalue weighted by Crippen LogP contribution is 2.57. The average molecular weight is 532 g/mol. The lowest BCUT2D eigenvalue weighted by atomic mass is 9.66. The van der Waals surface area contributed by atoms with Gasteiger partial charge in [-0.2, -0.15) is 0 Å². The summed E-state index contributed by atoms with van der Waals surface area (Å²) in [7, 11) is 2.84. The minimum absolute atomic E-state index is 0.0268. The summed E-state index contributed by atoms with van der Waals surface area (Å²) in [6.07, 6.45) is -5.82. The van der Waals surface area contributed by atoms with Crippen molar-refractivity contribution in [3.63, 3.8) is 0 Å². The van der Waals surface area contributed by atoms with Crippen LogP contribution in [0, 0.1) is 11.8 Å². The van der Waals surface area contributed by atoms with E-state index >= 15 is 0 Å². The maximum Gasteiger partial charge on any atom is 0.310 e. The van der Waals surface area contributed by atoms with Gasteiger partial charge in [-0.25, -0.2) is 0 Å². The van der Waals surface area contributed by atoms with Crippen LogP contribution in [0.15, 0.2) is 24.3 Å². The van der Waals surface area contributed by atoms with Gasteiger partial charge in [0.2, 0.25) is 12.5 Å². The van der Waals surface area contributed by atoms with E-state index in [1.165, 1.54) is 14.2 Å². The number of esters is 1. The first-order valence-electron chi connectivity index (χ1n) is 12.2. The molecule has 0 bridgehead atoms. The van der Waals surface area contributed by atoms with Crippen molar-refractivity contribution in [2.75, 3.05) is 34.2 Å². The van der Waals surface area contributed by atoms with Crippen LogP contribution >= 0.6 is 0 Å². The summed E-state index contributed by atoms with van der Waals surface area (Å²) in [6, 6.07) is 6.84. The summed E-state index contributed by atoms with van der Waals surface area (Å²) in [5.74, 6) is -1.07. The van der Waals surface area contributed by atoms with Gasteiger partial charge in [-0.15, -0.1) is 0 Å². The molecule has 12 nitrogen and oxygen atoms in total. The maximum atomic E-state index is 13.2. The molecule has 204 valence electrons. The van der Waals surface area contributed by atoms with Gasteiger partial charge in [0.1, 0.15) is 18.3 Å². The van der Waals surface area contributed by atoms with Gasteiger partial charge in [0.15, 0.2) is 29.3 Å². The Kier molecular flexibility index (Phi) is 6.23. The first-order valence-corrected chi connectivity index (χ1v) is 12.2. The van der Waals surface area contributed by atoms with Crippen LogP contribution in [0.2, 0.25) is 0 Å². The molecule has 0 aromatic heterocycles. The number of phenolic OH excluding ortho intramolecular Hbond substituents is 1. The first-order chi connectivity index (χ1) is 18.4. The van der Waals surface area contributed by atoms with Gasteiger partial charge >= 0.3 is 5.97 Å². The van der Waals surface area contributed by atoms with E-state index in [1.54, 1.807) is 24.3 Å². The molecule has 0 radical (unpaired) electrons. The zero-order valence-corrected chi connectivity index (χ0v) is 20.6. The maximum absolute atomic E-state index is 13.2. The van der Waals surface area contributed by atoms with Crippen LogP contribution in [0.3, 0.4) is 0 Å². The molecule has 2 fully saturated rings. The number of hydrogen-bond donors (Lipinski definition) is 4. The van der Waals surface area contributed by atoms with E-state index in [4.69, 9.17) is 33.2 Å². The molecule has 8 atom stereocenters. The van der Waals surface area contributed by atoms with E-state index in [0.717, 1.165) is 0 Å². The Morgan fingerprint density at radius 1 is 0.947 bits per heavy atom. The number of methoxy groups -OCH3 is 2. The lowest BCUT2D eigenvalue weighted by Gasteiger charge is -2.40. The SMILES string of the molecule is COc1cc([C@@H]2c3cc4c(cc3[C@@H](O[C@@H]3O[C@H](CO)[C@@H](O)[C@H]3O)[C@H]3COC(=O)[C@H]23)OCO4)cc(OC)c1O. The number of carbonyl (C=O) groups excluding carboxylic acids is 1. The fraction of sp³-hybridized carbons (Fsp3) is 0.500. The monoisotopic (exact) mass is 532 g/mol. The zero-order valence-electron chi connectivity index (χ0n) is 20.6. The summed E-state index contributed by atoms with van der Waals surface area (Å²) >= 11 is 0. The van der Waals surface area contributed by atoms with Gasteiger partial charge in [0.05, 0.1) is 39.5 Å². The lowest BCUT2D eigenvalue weighted by molar-refractivity contribution is -0.210. The van der Waals surface area contributed by atoms with Gasteiger partial charge in [-0.05, 0) is 41.0 Å². The Bertz CT molecular complexity index is 1220. The van der Waals surface area contributed by atoms with Crippen LogP contribution in [0.1, 0.15) is 28.7 Å². The Hall–Kier alpha value is -3.29. The second kappa shape index (κ2) is 9.47. The highest BCUT2D eigenvalue weighted by molar-refractivity contribution is 5.79. The highest BCUT2D eigenvalue weighted by atomic mass is 16.7. The second-order valence-corrected chi connectivity index (χ2v) is 9.67. The first kappa shape index (κ1) is 25.0. The normalized spacial score (nSPS) is 33.0. The van der Waals surface area contributed by atoms with E-state index in [1.807, 2.05) is 0 Å². The van der Waals surface area contributed by atoms with E-state index in [2.05, 4.69) is 0 Å². The number of aliphatic hydroxyl groups excluding tert-OH is 3. The Balaban J connectivity index is 1.50. The van der Waals surface area contributed by atoms with E-state index < -0.39 is 61.0 Å². The number of phenols is 1. The Labute approximate surface area is 217 Å². The summed E-state index contributed by atoms with van der Waals surface area (Å²) < 4.78 is 39.3. The number of hydrogen-bond acceptors (Lipinski definition) is 12. The Morgan fingerprint density at radius 3 is 2.21 bits per heavy atom. The van der Waals surface area contributed by atoms with Crippen LogP contribution < -0.4 is 18.9 Å². The molecule has 12 heteroatoms.